The molecule has 0 aliphatic carbocycles. The third-order valence-corrected chi connectivity index (χ3v) is 2.99. The van der Waals surface area contributed by atoms with Gasteiger partial charge in [-0.05, 0) is 25.8 Å². The van der Waals surface area contributed by atoms with Crippen LogP contribution in [0.25, 0.3) is 0 Å². The van der Waals surface area contributed by atoms with Gasteiger partial charge in [0.2, 0.25) is 5.91 Å². The molecule has 1 fully saturated rings. The number of esters is 1. The van der Waals surface area contributed by atoms with Gasteiger partial charge in [-0.15, -0.1) is 0 Å². The van der Waals surface area contributed by atoms with Gasteiger partial charge in [-0.3, -0.25) is 9.48 Å². The lowest BCUT2D eigenvalue weighted by molar-refractivity contribution is -0.153. The van der Waals surface area contributed by atoms with Crippen LogP contribution in [-0.2, 0) is 20.9 Å². The van der Waals surface area contributed by atoms with Crippen LogP contribution in [0.1, 0.15) is 19.8 Å². The first-order valence-corrected chi connectivity index (χ1v) is 6.16. The average Bonchev–Trinajstić information content (AvgIpc) is 2.99. The Morgan fingerprint density at radius 2 is 2.33 bits per heavy atom. The summed E-state index contributed by atoms with van der Waals surface area (Å²) in [5.74, 6) is -0.391. The van der Waals surface area contributed by atoms with Crippen molar-refractivity contribution >= 4 is 11.9 Å². The van der Waals surface area contributed by atoms with Crippen LogP contribution in [0.15, 0.2) is 18.5 Å². The van der Waals surface area contributed by atoms with E-state index in [1.807, 2.05) is 0 Å². The second-order valence-electron chi connectivity index (χ2n) is 4.20. The molecule has 2 rings (SSSR count). The summed E-state index contributed by atoms with van der Waals surface area (Å²) >= 11 is 0. The van der Waals surface area contributed by atoms with Gasteiger partial charge in [0.15, 0.2) is 0 Å². The summed E-state index contributed by atoms with van der Waals surface area (Å²) in [6.45, 7) is 2.89. The number of hydrogen-bond acceptors (Lipinski definition) is 4. The lowest BCUT2D eigenvalue weighted by Gasteiger charge is -2.23. The van der Waals surface area contributed by atoms with E-state index < -0.39 is 6.04 Å². The highest BCUT2D eigenvalue weighted by atomic mass is 16.5. The Morgan fingerprint density at radius 3 is 3.00 bits per heavy atom. The van der Waals surface area contributed by atoms with Crippen molar-refractivity contribution < 1.29 is 14.3 Å². The van der Waals surface area contributed by atoms with Gasteiger partial charge in [0.25, 0.3) is 0 Å². The summed E-state index contributed by atoms with van der Waals surface area (Å²) in [5.41, 5.74) is 0. The molecule has 2 heterocycles. The number of nitrogens with zero attached hydrogens (tertiary/aromatic N) is 3. The predicted molar refractivity (Wildman–Crippen MR) is 63.6 cm³/mol. The molecule has 1 amide bonds. The van der Waals surface area contributed by atoms with E-state index in [4.69, 9.17) is 4.74 Å². The van der Waals surface area contributed by atoms with E-state index in [-0.39, 0.29) is 18.4 Å². The van der Waals surface area contributed by atoms with E-state index in [2.05, 4.69) is 5.10 Å². The molecule has 0 bridgehead atoms. The van der Waals surface area contributed by atoms with Crippen molar-refractivity contribution in [2.24, 2.45) is 0 Å². The molecular weight excluding hydrogens is 234 g/mol. The summed E-state index contributed by atoms with van der Waals surface area (Å²) in [5, 5.41) is 3.99. The summed E-state index contributed by atoms with van der Waals surface area (Å²) in [7, 11) is 0. The minimum absolute atomic E-state index is 0.0887. The highest BCUT2D eigenvalue weighted by Crippen LogP contribution is 2.19. The van der Waals surface area contributed by atoms with Crippen molar-refractivity contribution in [2.75, 3.05) is 13.2 Å². The van der Waals surface area contributed by atoms with E-state index in [0.29, 0.717) is 19.6 Å². The van der Waals surface area contributed by atoms with E-state index in [1.54, 1.807) is 35.0 Å². The van der Waals surface area contributed by atoms with Crippen LogP contribution in [0, 0.1) is 0 Å². The smallest absolute Gasteiger partial charge is 0.328 e. The molecule has 1 unspecified atom stereocenters. The molecule has 6 heteroatoms. The first kappa shape index (κ1) is 12.6. The van der Waals surface area contributed by atoms with Crippen molar-refractivity contribution in [3.05, 3.63) is 18.5 Å². The molecule has 0 radical (unpaired) electrons. The molecule has 0 aromatic carbocycles. The van der Waals surface area contributed by atoms with Gasteiger partial charge in [-0.25, -0.2) is 4.79 Å². The fourth-order valence-electron chi connectivity index (χ4n) is 2.17. The third-order valence-electron chi connectivity index (χ3n) is 2.99. The summed E-state index contributed by atoms with van der Waals surface area (Å²) in [4.78, 5) is 25.4. The highest BCUT2D eigenvalue weighted by Gasteiger charge is 2.34. The van der Waals surface area contributed by atoms with Crippen molar-refractivity contribution in [1.82, 2.24) is 14.7 Å². The van der Waals surface area contributed by atoms with E-state index in [1.165, 1.54) is 0 Å². The first-order valence-electron chi connectivity index (χ1n) is 6.16. The number of likely N-dealkylation sites (tertiary alicyclic amines) is 1. The van der Waals surface area contributed by atoms with Gasteiger partial charge in [0.1, 0.15) is 12.6 Å². The molecule has 1 atom stereocenters. The Kier molecular flexibility index (Phi) is 3.96. The maximum Gasteiger partial charge on any atom is 0.328 e. The molecule has 6 nitrogen and oxygen atoms in total. The minimum Gasteiger partial charge on any atom is -0.464 e. The van der Waals surface area contributed by atoms with Crippen LogP contribution in [0.2, 0.25) is 0 Å². The number of ether oxygens (including phenoxy) is 1. The zero-order chi connectivity index (χ0) is 13.0. The number of carbonyl (C=O) groups excluding carboxylic acids is 2. The Labute approximate surface area is 106 Å². The SMILES string of the molecule is CCOC(=O)C1CCCN1C(=O)Cn1cccn1. The fraction of sp³-hybridized carbons (Fsp3) is 0.583. The summed E-state index contributed by atoms with van der Waals surface area (Å²) in [6.07, 6.45) is 4.88. The van der Waals surface area contributed by atoms with E-state index in [9.17, 15) is 9.59 Å². The van der Waals surface area contributed by atoms with Crippen LogP contribution < -0.4 is 0 Å². The number of rotatable bonds is 4. The zero-order valence-corrected chi connectivity index (χ0v) is 10.4. The normalized spacial score (nSPS) is 18.9. The Bertz CT molecular complexity index is 416. The molecule has 1 aromatic heterocycles. The van der Waals surface area contributed by atoms with Crippen molar-refractivity contribution in [3.63, 3.8) is 0 Å². The van der Waals surface area contributed by atoms with Gasteiger partial charge < -0.3 is 9.64 Å². The van der Waals surface area contributed by atoms with Crippen LogP contribution in [0.3, 0.4) is 0 Å². The van der Waals surface area contributed by atoms with Gasteiger partial charge in [-0.1, -0.05) is 0 Å². The van der Waals surface area contributed by atoms with Crippen molar-refractivity contribution in [2.45, 2.75) is 32.4 Å². The largest absolute Gasteiger partial charge is 0.464 e. The zero-order valence-electron chi connectivity index (χ0n) is 10.4. The molecule has 1 aromatic rings. The van der Waals surface area contributed by atoms with Gasteiger partial charge in [0.05, 0.1) is 6.61 Å². The number of hydrogen-bond donors (Lipinski definition) is 0. The Morgan fingerprint density at radius 1 is 1.50 bits per heavy atom. The number of aromatic nitrogens is 2. The van der Waals surface area contributed by atoms with E-state index in [0.717, 1.165) is 6.42 Å². The second kappa shape index (κ2) is 5.66. The predicted octanol–water partition coefficient (Wildman–Crippen LogP) is 0.437. The average molecular weight is 251 g/mol. The highest BCUT2D eigenvalue weighted by molar-refractivity contribution is 5.85. The van der Waals surface area contributed by atoms with Gasteiger partial charge >= 0.3 is 5.97 Å². The topological polar surface area (TPSA) is 64.4 Å². The Hall–Kier alpha value is -1.85. The molecular formula is C12H17N3O3. The maximum absolute atomic E-state index is 12.1. The molecule has 18 heavy (non-hydrogen) atoms. The molecule has 1 aliphatic heterocycles. The maximum atomic E-state index is 12.1. The van der Waals surface area contributed by atoms with Crippen LogP contribution in [-0.4, -0.2) is 45.8 Å². The van der Waals surface area contributed by atoms with Crippen LogP contribution in [0.5, 0.6) is 0 Å². The van der Waals surface area contributed by atoms with Crippen molar-refractivity contribution in [3.8, 4) is 0 Å². The molecule has 0 spiro atoms. The number of amides is 1. The molecule has 1 aliphatic rings. The molecule has 0 N–H and O–H groups in total. The van der Waals surface area contributed by atoms with Gasteiger partial charge in [-0.2, -0.15) is 5.10 Å². The molecule has 98 valence electrons. The molecule has 1 saturated heterocycles. The molecule has 0 saturated carbocycles. The van der Waals surface area contributed by atoms with Crippen molar-refractivity contribution in [1.29, 1.82) is 0 Å². The minimum atomic E-state index is -0.423. The second-order valence-corrected chi connectivity index (χ2v) is 4.20. The van der Waals surface area contributed by atoms with Crippen LogP contribution >= 0.6 is 0 Å². The summed E-state index contributed by atoms with van der Waals surface area (Å²) in [6, 6.07) is 1.34. The summed E-state index contributed by atoms with van der Waals surface area (Å²) < 4.78 is 6.54. The third kappa shape index (κ3) is 2.69. The number of carbonyl (C=O) groups is 2. The standard InChI is InChI=1S/C12H17N3O3/c1-2-18-12(17)10-5-3-8-15(10)11(16)9-14-7-4-6-13-14/h4,6-7,10H,2-3,5,8-9H2,1H3. The first-order chi connectivity index (χ1) is 8.72. The monoisotopic (exact) mass is 251 g/mol. The van der Waals surface area contributed by atoms with Gasteiger partial charge in [0, 0.05) is 18.9 Å². The lowest BCUT2D eigenvalue weighted by Crippen LogP contribution is -2.43. The van der Waals surface area contributed by atoms with E-state index >= 15 is 0 Å². The Balaban J connectivity index is 1.98. The quantitative estimate of drug-likeness (QED) is 0.728. The lowest BCUT2D eigenvalue weighted by atomic mass is 10.2. The fourth-order valence-corrected chi connectivity index (χ4v) is 2.17. The van der Waals surface area contributed by atoms with Crippen LogP contribution in [0.4, 0.5) is 0 Å².